The second-order valence-electron chi connectivity index (χ2n) is 9.72. The molecule has 1 aliphatic carbocycles. The lowest BCUT2D eigenvalue weighted by Gasteiger charge is -2.33. The van der Waals surface area contributed by atoms with E-state index in [-0.39, 0.29) is 10.3 Å². The van der Waals surface area contributed by atoms with Crippen LogP contribution in [-0.4, -0.2) is 8.42 Å². The molecule has 0 amide bonds. The maximum absolute atomic E-state index is 13.3. The van der Waals surface area contributed by atoms with E-state index in [0.717, 1.165) is 58.9 Å². The van der Waals surface area contributed by atoms with E-state index in [9.17, 15) is 12.8 Å². The highest BCUT2D eigenvalue weighted by molar-refractivity contribution is 7.92. The lowest BCUT2D eigenvalue weighted by molar-refractivity contribution is 0.210. The van der Waals surface area contributed by atoms with E-state index in [1.54, 1.807) is 0 Å². The lowest BCUT2D eigenvalue weighted by Crippen LogP contribution is -2.26. The van der Waals surface area contributed by atoms with Crippen LogP contribution >= 0.6 is 0 Å². The van der Waals surface area contributed by atoms with E-state index < -0.39 is 15.8 Å². The largest absolute Gasteiger partial charge is 0.460 e. The number of rotatable bonds is 3. The predicted octanol–water partition coefficient (Wildman–Crippen LogP) is 6.68. The molecule has 1 aliphatic rings. The zero-order chi connectivity index (χ0) is 22.7. The minimum Gasteiger partial charge on any atom is -0.460 e. The van der Waals surface area contributed by atoms with Gasteiger partial charge in [-0.2, -0.15) is 0 Å². The fourth-order valence-electron chi connectivity index (χ4n) is 4.74. The van der Waals surface area contributed by atoms with E-state index in [4.69, 9.17) is 4.42 Å². The van der Waals surface area contributed by atoms with Gasteiger partial charge in [0, 0.05) is 28.1 Å². The number of hydrogen-bond donors (Lipinski definition) is 1. The van der Waals surface area contributed by atoms with Crippen LogP contribution in [0.1, 0.15) is 38.5 Å². The van der Waals surface area contributed by atoms with E-state index >= 15 is 0 Å². The molecule has 0 bridgehead atoms. The van der Waals surface area contributed by atoms with Crippen LogP contribution in [0.3, 0.4) is 0 Å². The Morgan fingerprint density at radius 2 is 1.69 bits per heavy atom. The van der Waals surface area contributed by atoms with Crippen LogP contribution in [0.15, 0.2) is 63.9 Å². The molecule has 3 aromatic carbocycles. The van der Waals surface area contributed by atoms with Crippen LogP contribution in [0.4, 0.5) is 10.1 Å². The Balaban J connectivity index is 1.67. The van der Waals surface area contributed by atoms with Crippen molar-refractivity contribution in [2.45, 2.75) is 44.9 Å². The molecule has 0 saturated heterocycles. The molecule has 0 radical (unpaired) electrons. The Morgan fingerprint density at radius 3 is 2.38 bits per heavy atom. The van der Waals surface area contributed by atoms with Crippen molar-refractivity contribution in [3.8, 4) is 0 Å². The van der Waals surface area contributed by atoms with E-state index in [2.05, 4.69) is 25.5 Å². The molecular weight excluding hydrogens is 425 g/mol. The summed E-state index contributed by atoms with van der Waals surface area (Å²) in [5, 5.41) is 2.61. The van der Waals surface area contributed by atoms with Gasteiger partial charge in [-0.1, -0.05) is 45.0 Å². The van der Waals surface area contributed by atoms with Crippen molar-refractivity contribution in [1.29, 1.82) is 0 Å². The molecule has 5 rings (SSSR count). The molecule has 0 aliphatic heterocycles. The first kappa shape index (κ1) is 21.0. The van der Waals surface area contributed by atoms with Crippen LogP contribution in [0.25, 0.3) is 21.7 Å². The average molecular weight is 452 g/mol. The summed E-state index contributed by atoms with van der Waals surface area (Å²) in [7, 11) is -3.88. The normalized spacial score (nSPS) is 16.9. The highest BCUT2D eigenvalue weighted by Crippen LogP contribution is 2.44. The summed E-state index contributed by atoms with van der Waals surface area (Å²) in [6.45, 7) is 6.80. The van der Waals surface area contributed by atoms with Crippen LogP contribution in [0.2, 0.25) is 0 Å². The summed E-state index contributed by atoms with van der Waals surface area (Å²) in [5.74, 6) is 1.06. The second-order valence-corrected chi connectivity index (χ2v) is 11.4. The van der Waals surface area contributed by atoms with Crippen LogP contribution in [-0.2, 0) is 22.9 Å². The SMILES string of the molecule is CC(C)(C)[C@@H]1CCc2oc3c(cc(NS(=O)(=O)c4ccc(F)cc4)c4ccccc43)c2C1. The smallest absolute Gasteiger partial charge is 0.261 e. The number of hydrogen-bond acceptors (Lipinski definition) is 3. The van der Waals surface area contributed by atoms with Crippen molar-refractivity contribution in [2.24, 2.45) is 11.3 Å². The van der Waals surface area contributed by atoms with Gasteiger partial charge in [0.2, 0.25) is 0 Å². The summed E-state index contributed by atoms with van der Waals surface area (Å²) in [4.78, 5) is 0.0186. The van der Waals surface area contributed by atoms with Crippen molar-refractivity contribution < 1.29 is 17.2 Å². The second kappa shape index (κ2) is 7.34. The topological polar surface area (TPSA) is 59.3 Å². The maximum atomic E-state index is 13.3. The molecule has 1 atom stereocenters. The third kappa shape index (κ3) is 3.56. The first-order chi connectivity index (χ1) is 15.1. The van der Waals surface area contributed by atoms with Gasteiger partial charge in [-0.3, -0.25) is 4.72 Å². The number of nitrogens with one attached hydrogen (secondary N) is 1. The van der Waals surface area contributed by atoms with Crippen LogP contribution in [0.5, 0.6) is 0 Å². The van der Waals surface area contributed by atoms with Crippen molar-refractivity contribution >= 4 is 37.5 Å². The number of aryl methyl sites for hydroxylation is 1. The van der Waals surface area contributed by atoms with Gasteiger partial charge < -0.3 is 4.42 Å². The molecule has 4 aromatic rings. The first-order valence-corrected chi connectivity index (χ1v) is 12.4. The summed E-state index contributed by atoms with van der Waals surface area (Å²) in [6.07, 6.45) is 2.88. The molecule has 4 nitrogen and oxygen atoms in total. The predicted molar refractivity (Wildman–Crippen MR) is 126 cm³/mol. The van der Waals surface area contributed by atoms with E-state index in [1.165, 1.54) is 17.7 Å². The quantitative estimate of drug-likeness (QED) is 0.378. The number of halogens is 1. The summed E-state index contributed by atoms with van der Waals surface area (Å²) >= 11 is 0. The van der Waals surface area contributed by atoms with Gasteiger partial charge in [0.15, 0.2) is 0 Å². The standard InChI is InChI=1S/C26H26FNO3S/c1-26(2,3)16-8-13-24-21(14-16)22-15-23(19-6-4-5-7-20(19)25(22)31-24)28-32(29,30)18-11-9-17(27)10-12-18/h4-7,9-12,15-16,28H,8,13-14H2,1-3H3/t16-/m1/s1. The molecule has 1 N–H and O–H groups in total. The monoisotopic (exact) mass is 451 g/mol. The minimum atomic E-state index is -3.88. The molecule has 0 unspecified atom stereocenters. The number of benzene rings is 3. The molecule has 1 aromatic heterocycles. The van der Waals surface area contributed by atoms with Crippen LogP contribution < -0.4 is 4.72 Å². The lowest BCUT2D eigenvalue weighted by atomic mass is 9.71. The Hall–Kier alpha value is -2.86. The first-order valence-electron chi connectivity index (χ1n) is 10.9. The van der Waals surface area contributed by atoms with Gasteiger partial charge in [0.05, 0.1) is 10.6 Å². The van der Waals surface area contributed by atoms with Crippen molar-refractivity contribution in [3.05, 3.63) is 71.7 Å². The molecule has 0 fully saturated rings. The van der Waals surface area contributed by atoms with E-state index in [1.807, 2.05) is 30.3 Å². The Bertz CT molecular complexity index is 1430. The molecule has 0 spiro atoms. The zero-order valence-electron chi connectivity index (χ0n) is 18.4. The number of furan rings is 1. The Morgan fingerprint density at radius 1 is 1.00 bits per heavy atom. The van der Waals surface area contributed by atoms with E-state index in [0.29, 0.717) is 11.6 Å². The van der Waals surface area contributed by atoms with Gasteiger partial charge >= 0.3 is 0 Å². The molecule has 166 valence electrons. The van der Waals surface area contributed by atoms with Gasteiger partial charge in [0.1, 0.15) is 17.2 Å². The Kier molecular flexibility index (Phi) is 4.82. The van der Waals surface area contributed by atoms with Gasteiger partial charge in [-0.25, -0.2) is 12.8 Å². The highest BCUT2D eigenvalue weighted by Gasteiger charge is 2.32. The maximum Gasteiger partial charge on any atom is 0.261 e. The number of sulfonamides is 1. The summed E-state index contributed by atoms with van der Waals surface area (Å²) < 4.78 is 48.5. The average Bonchev–Trinajstić information content (AvgIpc) is 3.11. The molecule has 0 saturated carbocycles. The molecule has 6 heteroatoms. The number of anilines is 1. The van der Waals surface area contributed by atoms with Crippen LogP contribution in [0, 0.1) is 17.2 Å². The fourth-order valence-corrected chi connectivity index (χ4v) is 5.81. The van der Waals surface area contributed by atoms with Gasteiger partial charge in [-0.15, -0.1) is 0 Å². The van der Waals surface area contributed by atoms with Gasteiger partial charge in [-0.05, 0) is 54.5 Å². The molecule has 1 heterocycles. The number of fused-ring (bicyclic) bond motifs is 5. The van der Waals surface area contributed by atoms with Crippen molar-refractivity contribution in [2.75, 3.05) is 4.72 Å². The minimum absolute atomic E-state index is 0.0186. The highest BCUT2D eigenvalue weighted by atomic mass is 32.2. The summed E-state index contributed by atoms with van der Waals surface area (Å²) in [5.41, 5.74) is 2.67. The third-order valence-corrected chi connectivity index (χ3v) is 8.03. The zero-order valence-corrected chi connectivity index (χ0v) is 19.2. The molecular formula is C26H26FNO3S. The van der Waals surface area contributed by atoms with Crippen molar-refractivity contribution in [3.63, 3.8) is 0 Å². The third-order valence-electron chi connectivity index (χ3n) is 6.65. The Labute approximate surface area is 187 Å². The molecule has 32 heavy (non-hydrogen) atoms. The fraction of sp³-hybridized carbons (Fsp3) is 0.308. The van der Waals surface area contributed by atoms with Crippen molar-refractivity contribution in [1.82, 2.24) is 0 Å². The summed E-state index contributed by atoms with van der Waals surface area (Å²) in [6, 6.07) is 14.4. The van der Waals surface area contributed by atoms with Gasteiger partial charge in [0.25, 0.3) is 10.0 Å².